The van der Waals surface area contributed by atoms with Crippen LogP contribution < -0.4 is 20.3 Å². The molecule has 0 spiro atoms. The molecule has 7 nitrogen and oxygen atoms in total. The normalized spacial score (nSPS) is 15.9. The Hall–Kier alpha value is -2.46. The van der Waals surface area contributed by atoms with Gasteiger partial charge < -0.3 is 24.8 Å². The first-order valence-corrected chi connectivity index (χ1v) is 10.6. The third kappa shape index (κ3) is 5.86. The molecule has 170 valence electrons. The zero-order valence-corrected chi connectivity index (χ0v) is 21.1. The van der Waals surface area contributed by atoms with Gasteiger partial charge in [-0.25, -0.2) is 0 Å². The molecule has 1 aromatic heterocycles. The molecule has 0 aliphatic carbocycles. The predicted molar refractivity (Wildman–Crippen MR) is 139 cm³/mol. The lowest BCUT2D eigenvalue weighted by Gasteiger charge is -2.22. The maximum atomic E-state index is 6.20. The molecule has 0 amide bonds. The summed E-state index contributed by atoms with van der Waals surface area (Å²) in [5.74, 6) is 2.31. The van der Waals surface area contributed by atoms with Crippen LogP contribution in [-0.2, 0) is 6.54 Å². The Bertz CT molecular complexity index is 1040. The summed E-state index contributed by atoms with van der Waals surface area (Å²) in [6.45, 7) is 2.27. The zero-order chi connectivity index (χ0) is 21.6. The van der Waals surface area contributed by atoms with Crippen molar-refractivity contribution in [1.29, 1.82) is 0 Å². The highest BCUT2D eigenvalue weighted by Crippen LogP contribution is 2.33. The van der Waals surface area contributed by atoms with E-state index in [1.165, 1.54) is 0 Å². The highest BCUT2D eigenvalue weighted by Gasteiger charge is 2.25. The summed E-state index contributed by atoms with van der Waals surface area (Å²) in [7, 11) is 3.44. The van der Waals surface area contributed by atoms with Crippen LogP contribution in [0.25, 0.3) is 11.3 Å². The van der Waals surface area contributed by atoms with Gasteiger partial charge in [-0.15, -0.1) is 24.0 Å². The Morgan fingerprint density at radius 2 is 2.06 bits per heavy atom. The quantitative estimate of drug-likeness (QED) is 0.258. The summed E-state index contributed by atoms with van der Waals surface area (Å²) >= 11 is 6.20. The zero-order valence-electron chi connectivity index (χ0n) is 18.0. The largest absolute Gasteiger partial charge is 0.495 e. The summed E-state index contributed by atoms with van der Waals surface area (Å²) in [5, 5.41) is 11.7. The summed E-state index contributed by atoms with van der Waals surface area (Å²) in [6, 6.07) is 17.8. The molecule has 3 aromatic rings. The second-order valence-corrected chi connectivity index (χ2v) is 7.80. The van der Waals surface area contributed by atoms with Crippen LogP contribution in [0.3, 0.4) is 0 Å². The minimum Gasteiger partial charge on any atom is -0.495 e. The highest BCUT2D eigenvalue weighted by molar-refractivity contribution is 14.0. The fourth-order valence-corrected chi connectivity index (χ4v) is 3.87. The standard InChI is InChI=1S/C23H26ClN5O2.HI/c1-25-23(26-14-19-13-22(31-28-19)16-6-4-3-5-7-16)27-18-10-11-29(15-18)20-12-17(24)8-9-21(20)30-2;/h3-9,12-13,18H,10-11,14-15H2,1-2H3,(H2,25,26,27);1H. The maximum absolute atomic E-state index is 6.20. The Balaban J connectivity index is 0.00000289. The third-order valence-electron chi connectivity index (χ3n) is 5.29. The van der Waals surface area contributed by atoms with Crippen LogP contribution in [0.1, 0.15) is 12.1 Å². The molecule has 1 unspecified atom stereocenters. The Morgan fingerprint density at radius 1 is 1.25 bits per heavy atom. The average molecular weight is 568 g/mol. The molecular weight excluding hydrogens is 541 g/mol. The monoisotopic (exact) mass is 567 g/mol. The van der Waals surface area contributed by atoms with Gasteiger partial charge in [-0.1, -0.05) is 47.1 Å². The molecule has 2 N–H and O–H groups in total. The SMILES string of the molecule is CN=C(NCc1cc(-c2ccccc2)on1)NC1CCN(c2cc(Cl)ccc2OC)C1.I. The van der Waals surface area contributed by atoms with E-state index in [9.17, 15) is 0 Å². The van der Waals surface area contributed by atoms with Gasteiger partial charge in [-0.3, -0.25) is 4.99 Å². The smallest absolute Gasteiger partial charge is 0.191 e. The number of rotatable bonds is 6. The summed E-state index contributed by atoms with van der Waals surface area (Å²) in [5.41, 5.74) is 2.84. The second kappa shape index (κ2) is 11.4. The van der Waals surface area contributed by atoms with Crippen molar-refractivity contribution in [2.45, 2.75) is 19.0 Å². The number of hydrogen-bond acceptors (Lipinski definition) is 5. The number of halogens is 2. The first-order chi connectivity index (χ1) is 15.2. The molecule has 1 aliphatic heterocycles. The lowest BCUT2D eigenvalue weighted by Crippen LogP contribution is -2.44. The third-order valence-corrected chi connectivity index (χ3v) is 5.52. The van der Waals surface area contributed by atoms with Gasteiger partial charge in [0.25, 0.3) is 0 Å². The van der Waals surface area contributed by atoms with Crippen LogP contribution in [0, 0.1) is 0 Å². The molecule has 2 heterocycles. The van der Waals surface area contributed by atoms with E-state index in [2.05, 4.69) is 25.7 Å². The van der Waals surface area contributed by atoms with Crippen molar-refractivity contribution in [2.24, 2.45) is 4.99 Å². The number of anilines is 1. The lowest BCUT2D eigenvalue weighted by atomic mass is 10.2. The van der Waals surface area contributed by atoms with E-state index in [1.54, 1.807) is 14.2 Å². The number of aliphatic imine (C=N–C) groups is 1. The van der Waals surface area contributed by atoms with Crippen LogP contribution in [0.15, 0.2) is 64.1 Å². The van der Waals surface area contributed by atoms with Crippen LogP contribution >= 0.6 is 35.6 Å². The van der Waals surface area contributed by atoms with Gasteiger partial charge in [0.15, 0.2) is 11.7 Å². The average Bonchev–Trinajstić information content (AvgIpc) is 3.47. The van der Waals surface area contributed by atoms with Crippen LogP contribution in [0.5, 0.6) is 5.75 Å². The molecule has 2 aromatic carbocycles. The minimum absolute atomic E-state index is 0. The number of methoxy groups -OCH3 is 1. The van der Waals surface area contributed by atoms with Crippen molar-refractivity contribution in [1.82, 2.24) is 15.8 Å². The Morgan fingerprint density at radius 3 is 2.81 bits per heavy atom. The van der Waals surface area contributed by atoms with Crippen LogP contribution in [-0.4, -0.2) is 44.4 Å². The second-order valence-electron chi connectivity index (χ2n) is 7.37. The summed E-state index contributed by atoms with van der Waals surface area (Å²) in [4.78, 5) is 6.63. The molecule has 0 bridgehead atoms. The van der Waals surface area contributed by atoms with Gasteiger partial charge in [0, 0.05) is 42.8 Å². The van der Waals surface area contributed by atoms with Gasteiger partial charge in [0.05, 0.1) is 19.3 Å². The molecule has 9 heteroatoms. The predicted octanol–water partition coefficient (Wildman–Crippen LogP) is 4.57. The van der Waals surface area contributed by atoms with Gasteiger partial charge in [0.1, 0.15) is 11.4 Å². The van der Waals surface area contributed by atoms with E-state index < -0.39 is 0 Å². The van der Waals surface area contributed by atoms with Gasteiger partial charge in [-0.05, 0) is 24.6 Å². The highest BCUT2D eigenvalue weighted by atomic mass is 127. The van der Waals surface area contributed by atoms with Gasteiger partial charge in [0.2, 0.25) is 0 Å². The molecule has 0 saturated carbocycles. The maximum Gasteiger partial charge on any atom is 0.191 e. The first-order valence-electron chi connectivity index (χ1n) is 10.2. The summed E-state index contributed by atoms with van der Waals surface area (Å²) < 4.78 is 11.0. The van der Waals surface area contributed by atoms with Crippen molar-refractivity contribution in [2.75, 3.05) is 32.1 Å². The molecule has 1 saturated heterocycles. The molecule has 1 fully saturated rings. The number of nitrogens with one attached hydrogen (secondary N) is 2. The van der Waals surface area contributed by atoms with Crippen molar-refractivity contribution < 1.29 is 9.26 Å². The number of hydrogen-bond donors (Lipinski definition) is 2. The molecule has 1 aliphatic rings. The number of aromatic nitrogens is 1. The summed E-state index contributed by atoms with van der Waals surface area (Å²) in [6.07, 6.45) is 0.985. The topological polar surface area (TPSA) is 74.9 Å². The Labute approximate surface area is 210 Å². The fourth-order valence-electron chi connectivity index (χ4n) is 3.70. The number of nitrogens with zero attached hydrogens (tertiary/aromatic N) is 3. The molecule has 1 atom stereocenters. The van der Waals surface area contributed by atoms with Crippen LogP contribution in [0.4, 0.5) is 5.69 Å². The van der Waals surface area contributed by atoms with Crippen molar-refractivity contribution in [3.05, 3.63) is 65.3 Å². The van der Waals surface area contributed by atoms with Gasteiger partial charge >= 0.3 is 0 Å². The van der Waals surface area contributed by atoms with E-state index in [4.69, 9.17) is 20.9 Å². The van der Waals surface area contributed by atoms with E-state index in [0.717, 1.165) is 53.9 Å². The van der Waals surface area contributed by atoms with Crippen LogP contribution in [0.2, 0.25) is 5.02 Å². The number of ether oxygens (including phenoxy) is 1. The van der Waals surface area contributed by atoms with Crippen molar-refractivity contribution in [3.63, 3.8) is 0 Å². The molecule has 0 radical (unpaired) electrons. The minimum atomic E-state index is 0. The van der Waals surface area contributed by atoms with Crippen molar-refractivity contribution in [3.8, 4) is 17.1 Å². The molecule has 32 heavy (non-hydrogen) atoms. The Kier molecular flexibility index (Phi) is 8.63. The van der Waals surface area contributed by atoms with E-state index in [1.807, 2.05) is 54.6 Å². The van der Waals surface area contributed by atoms with Crippen molar-refractivity contribution >= 4 is 47.2 Å². The first kappa shape index (κ1) is 24.2. The number of benzene rings is 2. The molecule has 4 rings (SSSR count). The fraction of sp³-hybridized carbons (Fsp3) is 0.304. The van der Waals surface area contributed by atoms with E-state index in [-0.39, 0.29) is 30.0 Å². The van der Waals surface area contributed by atoms with Gasteiger partial charge in [-0.2, -0.15) is 0 Å². The number of guanidine groups is 1. The lowest BCUT2D eigenvalue weighted by molar-refractivity contribution is 0.415. The van der Waals surface area contributed by atoms with E-state index in [0.29, 0.717) is 11.6 Å². The molecular formula is C23H27ClIN5O2. The van der Waals surface area contributed by atoms with E-state index >= 15 is 0 Å².